The highest BCUT2D eigenvalue weighted by Crippen LogP contribution is 2.18. The average Bonchev–Trinajstić information content (AvgIpc) is 3.29. The molecule has 5 heteroatoms. The first-order valence-electron chi connectivity index (χ1n) is 8.02. The molecule has 0 unspecified atom stereocenters. The summed E-state index contributed by atoms with van der Waals surface area (Å²) in [5.41, 5.74) is 2.62. The maximum atomic E-state index is 4.69. The third kappa shape index (κ3) is 6.96. The van der Waals surface area contributed by atoms with Crippen molar-refractivity contribution in [2.75, 3.05) is 20.1 Å². The van der Waals surface area contributed by atoms with Crippen molar-refractivity contribution in [2.45, 2.75) is 45.8 Å². The quantitative estimate of drug-likeness (QED) is 0.408. The van der Waals surface area contributed by atoms with Gasteiger partial charge in [-0.15, -0.1) is 24.0 Å². The SMILES string of the molecule is CCNC(=NCc1cccc(CN(C)CC)c1)NC1CC1.I. The lowest BCUT2D eigenvalue weighted by Crippen LogP contribution is -2.38. The fraction of sp³-hybridized carbons (Fsp3) is 0.588. The van der Waals surface area contributed by atoms with Crippen LogP contribution in [0.2, 0.25) is 0 Å². The van der Waals surface area contributed by atoms with Crippen LogP contribution in [-0.4, -0.2) is 37.0 Å². The standard InChI is InChI=1S/C17H28N4.HI/c1-4-18-17(20-16-9-10-16)19-12-14-7-6-8-15(11-14)13-21(3)5-2;/h6-8,11,16H,4-5,9-10,12-13H2,1-3H3,(H2,18,19,20);1H. The fourth-order valence-electron chi connectivity index (χ4n) is 2.16. The van der Waals surface area contributed by atoms with Crippen molar-refractivity contribution in [2.24, 2.45) is 4.99 Å². The lowest BCUT2D eigenvalue weighted by molar-refractivity contribution is 0.345. The molecule has 2 N–H and O–H groups in total. The Morgan fingerprint density at radius 3 is 2.64 bits per heavy atom. The summed E-state index contributed by atoms with van der Waals surface area (Å²) in [7, 11) is 2.15. The molecular weight excluding hydrogens is 387 g/mol. The van der Waals surface area contributed by atoms with Gasteiger partial charge in [0.25, 0.3) is 0 Å². The van der Waals surface area contributed by atoms with E-state index in [1.54, 1.807) is 0 Å². The molecule has 1 saturated carbocycles. The Bertz CT molecular complexity index is 471. The molecule has 0 aromatic heterocycles. The third-order valence-electron chi connectivity index (χ3n) is 3.67. The van der Waals surface area contributed by atoms with Crippen LogP contribution in [0.25, 0.3) is 0 Å². The summed E-state index contributed by atoms with van der Waals surface area (Å²) >= 11 is 0. The fourth-order valence-corrected chi connectivity index (χ4v) is 2.16. The van der Waals surface area contributed by atoms with Gasteiger partial charge in [0.1, 0.15) is 0 Å². The molecule has 1 aromatic carbocycles. The molecule has 1 fully saturated rings. The van der Waals surface area contributed by atoms with E-state index in [0.29, 0.717) is 6.04 Å². The summed E-state index contributed by atoms with van der Waals surface area (Å²) in [6, 6.07) is 9.36. The molecular formula is C17H29IN4. The van der Waals surface area contributed by atoms with Gasteiger partial charge < -0.3 is 15.5 Å². The number of hydrogen-bond acceptors (Lipinski definition) is 2. The number of nitrogens with zero attached hydrogens (tertiary/aromatic N) is 2. The third-order valence-corrected chi connectivity index (χ3v) is 3.67. The van der Waals surface area contributed by atoms with Gasteiger partial charge in [0, 0.05) is 19.1 Å². The first-order chi connectivity index (χ1) is 10.2. The number of guanidine groups is 1. The van der Waals surface area contributed by atoms with Gasteiger partial charge in [-0.05, 0) is 44.5 Å². The summed E-state index contributed by atoms with van der Waals surface area (Å²) < 4.78 is 0. The molecule has 22 heavy (non-hydrogen) atoms. The van der Waals surface area contributed by atoms with E-state index in [4.69, 9.17) is 0 Å². The molecule has 0 saturated heterocycles. The highest BCUT2D eigenvalue weighted by molar-refractivity contribution is 14.0. The minimum absolute atomic E-state index is 0. The van der Waals surface area contributed by atoms with Gasteiger partial charge in [0.2, 0.25) is 0 Å². The van der Waals surface area contributed by atoms with Gasteiger partial charge in [-0.2, -0.15) is 0 Å². The first-order valence-corrected chi connectivity index (χ1v) is 8.02. The second kappa shape index (κ2) is 10.0. The maximum Gasteiger partial charge on any atom is 0.191 e. The average molecular weight is 416 g/mol. The molecule has 1 aliphatic rings. The van der Waals surface area contributed by atoms with Crippen LogP contribution >= 0.6 is 24.0 Å². The maximum absolute atomic E-state index is 4.69. The van der Waals surface area contributed by atoms with Crippen LogP contribution in [0.5, 0.6) is 0 Å². The van der Waals surface area contributed by atoms with Crippen LogP contribution in [0.1, 0.15) is 37.8 Å². The van der Waals surface area contributed by atoms with E-state index in [1.807, 2.05) is 0 Å². The highest BCUT2D eigenvalue weighted by atomic mass is 127. The van der Waals surface area contributed by atoms with Crippen LogP contribution < -0.4 is 10.6 Å². The van der Waals surface area contributed by atoms with Crippen molar-refractivity contribution >= 4 is 29.9 Å². The van der Waals surface area contributed by atoms with Crippen molar-refractivity contribution in [3.05, 3.63) is 35.4 Å². The van der Waals surface area contributed by atoms with E-state index in [1.165, 1.54) is 24.0 Å². The Morgan fingerprint density at radius 2 is 2.00 bits per heavy atom. The molecule has 0 aliphatic heterocycles. The first kappa shape index (κ1) is 19.2. The van der Waals surface area contributed by atoms with Gasteiger partial charge in [-0.25, -0.2) is 4.99 Å². The normalized spacial score (nSPS) is 14.6. The predicted octanol–water partition coefficient (Wildman–Crippen LogP) is 2.97. The van der Waals surface area contributed by atoms with Crippen molar-refractivity contribution in [1.29, 1.82) is 0 Å². The zero-order chi connectivity index (χ0) is 15.1. The van der Waals surface area contributed by atoms with Crippen molar-refractivity contribution in [1.82, 2.24) is 15.5 Å². The minimum atomic E-state index is 0. The molecule has 0 atom stereocenters. The Labute approximate surface area is 151 Å². The summed E-state index contributed by atoms with van der Waals surface area (Å²) in [5.74, 6) is 0.941. The lowest BCUT2D eigenvalue weighted by atomic mass is 10.1. The molecule has 4 nitrogen and oxygen atoms in total. The molecule has 0 spiro atoms. The van der Waals surface area contributed by atoms with Crippen molar-refractivity contribution < 1.29 is 0 Å². The largest absolute Gasteiger partial charge is 0.357 e. The molecule has 2 rings (SSSR count). The molecule has 0 heterocycles. The molecule has 124 valence electrons. The smallest absolute Gasteiger partial charge is 0.191 e. The van der Waals surface area contributed by atoms with Crippen LogP contribution in [0.4, 0.5) is 0 Å². The zero-order valence-electron chi connectivity index (χ0n) is 13.9. The second-order valence-corrected chi connectivity index (χ2v) is 5.76. The Balaban J connectivity index is 0.00000242. The zero-order valence-corrected chi connectivity index (χ0v) is 16.3. The van der Waals surface area contributed by atoms with Crippen molar-refractivity contribution in [3.8, 4) is 0 Å². The Morgan fingerprint density at radius 1 is 1.27 bits per heavy atom. The van der Waals surface area contributed by atoms with Gasteiger partial charge in [-0.1, -0.05) is 31.2 Å². The van der Waals surface area contributed by atoms with E-state index in [0.717, 1.165) is 32.1 Å². The topological polar surface area (TPSA) is 39.7 Å². The van der Waals surface area contributed by atoms with Crippen molar-refractivity contribution in [3.63, 3.8) is 0 Å². The molecule has 0 bridgehead atoms. The van der Waals surface area contributed by atoms with Gasteiger partial charge >= 0.3 is 0 Å². The van der Waals surface area contributed by atoms with Gasteiger partial charge in [-0.3, -0.25) is 0 Å². The number of nitrogens with one attached hydrogen (secondary N) is 2. The molecule has 0 amide bonds. The van der Waals surface area contributed by atoms with Crippen LogP contribution in [0.3, 0.4) is 0 Å². The van der Waals surface area contributed by atoms with E-state index < -0.39 is 0 Å². The summed E-state index contributed by atoms with van der Waals surface area (Å²) in [5, 5.41) is 6.76. The number of benzene rings is 1. The van der Waals surface area contributed by atoms with Crippen LogP contribution in [0.15, 0.2) is 29.3 Å². The van der Waals surface area contributed by atoms with Gasteiger partial charge in [0.05, 0.1) is 6.54 Å². The van der Waals surface area contributed by atoms with Crippen LogP contribution in [-0.2, 0) is 13.1 Å². The Hall–Kier alpha value is -0.820. The van der Waals surface area contributed by atoms with E-state index in [-0.39, 0.29) is 24.0 Å². The molecule has 0 radical (unpaired) electrons. The number of halogens is 1. The number of rotatable bonds is 7. The lowest BCUT2D eigenvalue weighted by Gasteiger charge is -2.14. The van der Waals surface area contributed by atoms with E-state index >= 15 is 0 Å². The van der Waals surface area contributed by atoms with Crippen LogP contribution in [0, 0.1) is 0 Å². The second-order valence-electron chi connectivity index (χ2n) is 5.76. The summed E-state index contributed by atoms with van der Waals surface area (Å²) in [6.45, 7) is 7.98. The minimum Gasteiger partial charge on any atom is -0.357 e. The van der Waals surface area contributed by atoms with E-state index in [2.05, 4.69) is 65.7 Å². The molecule has 1 aromatic rings. The predicted molar refractivity (Wildman–Crippen MR) is 105 cm³/mol. The van der Waals surface area contributed by atoms with Gasteiger partial charge in [0.15, 0.2) is 5.96 Å². The van der Waals surface area contributed by atoms with E-state index in [9.17, 15) is 0 Å². The number of aliphatic imine (C=N–C) groups is 1. The highest BCUT2D eigenvalue weighted by Gasteiger charge is 2.21. The monoisotopic (exact) mass is 416 g/mol. The number of hydrogen-bond donors (Lipinski definition) is 2. The summed E-state index contributed by atoms with van der Waals surface area (Å²) in [6.07, 6.45) is 2.53. The molecule has 1 aliphatic carbocycles. The summed E-state index contributed by atoms with van der Waals surface area (Å²) in [4.78, 5) is 6.99. The Kier molecular flexibility index (Phi) is 8.78.